The van der Waals surface area contributed by atoms with Crippen LogP contribution in [0.4, 0.5) is 21.7 Å². The standard InChI is InChI=1S/C30H30FN9O2/c1-5-27(41)34-20-7-6-14-40(18(20)3)26-13-10-22-29(36-26)30(33-16-32-22)35-21-9-12-25(17(2)28(21)31)42-19-8-11-24-23(15-19)37-38-39(24)4/h5,8-13,15-16,18,20H,1,6-7,14H2,2-4H3,(H,34,41)(H,32,33,35)/t18-,20?/m1/s1. The Labute approximate surface area is 241 Å². The van der Waals surface area contributed by atoms with Gasteiger partial charge in [0.1, 0.15) is 34.7 Å². The Morgan fingerprint density at radius 3 is 2.86 bits per heavy atom. The van der Waals surface area contributed by atoms with Crippen LogP contribution in [0.25, 0.3) is 22.1 Å². The number of amides is 1. The van der Waals surface area contributed by atoms with Crippen LogP contribution in [0.2, 0.25) is 0 Å². The van der Waals surface area contributed by atoms with Gasteiger partial charge in [0.2, 0.25) is 5.91 Å². The lowest BCUT2D eigenvalue weighted by Gasteiger charge is -2.40. The second-order valence-electron chi connectivity index (χ2n) is 10.3. The molecule has 1 unspecified atom stereocenters. The molecule has 2 aromatic carbocycles. The summed E-state index contributed by atoms with van der Waals surface area (Å²) in [6.07, 6.45) is 4.47. The van der Waals surface area contributed by atoms with Crippen molar-refractivity contribution >= 4 is 45.3 Å². The molecule has 1 fully saturated rings. The molecule has 0 spiro atoms. The van der Waals surface area contributed by atoms with Crippen molar-refractivity contribution in [1.82, 2.24) is 35.3 Å². The highest BCUT2D eigenvalue weighted by molar-refractivity contribution is 5.89. The van der Waals surface area contributed by atoms with Crippen molar-refractivity contribution in [2.24, 2.45) is 7.05 Å². The lowest BCUT2D eigenvalue weighted by Crippen LogP contribution is -2.54. The molecule has 6 rings (SSSR count). The summed E-state index contributed by atoms with van der Waals surface area (Å²) in [6.45, 7) is 8.06. The van der Waals surface area contributed by atoms with Crippen LogP contribution in [0, 0.1) is 12.7 Å². The number of nitrogens with one attached hydrogen (secondary N) is 2. The summed E-state index contributed by atoms with van der Waals surface area (Å²) < 4.78 is 23.3. The predicted molar refractivity (Wildman–Crippen MR) is 159 cm³/mol. The number of nitrogens with zero attached hydrogens (tertiary/aromatic N) is 7. The number of halogens is 1. The van der Waals surface area contributed by atoms with Gasteiger partial charge in [-0.15, -0.1) is 5.10 Å². The molecule has 2 atom stereocenters. The molecule has 1 aliphatic heterocycles. The minimum absolute atomic E-state index is 0.0101. The van der Waals surface area contributed by atoms with Crippen LogP contribution < -0.4 is 20.3 Å². The van der Waals surface area contributed by atoms with Crippen molar-refractivity contribution < 1.29 is 13.9 Å². The second-order valence-corrected chi connectivity index (χ2v) is 10.3. The van der Waals surface area contributed by atoms with Gasteiger partial charge in [0.05, 0.1) is 16.7 Å². The number of carbonyl (C=O) groups excluding carboxylic acids is 1. The first-order valence-corrected chi connectivity index (χ1v) is 13.7. The van der Waals surface area contributed by atoms with E-state index in [1.54, 1.807) is 35.9 Å². The molecule has 11 nitrogen and oxygen atoms in total. The molecule has 42 heavy (non-hydrogen) atoms. The molecule has 5 aromatic rings. The van der Waals surface area contributed by atoms with Crippen LogP contribution in [-0.2, 0) is 11.8 Å². The van der Waals surface area contributed by atoms with E-state index in [0.29, 0.717) is 39.4 Å². The molecule has 0 saturated carbocycles. The molecule has 4 heterocycles. The fraction of sp³-hybridized carbons (Fsp3) is 0.267. The molecule has 0 bridgehead atoms. The number of aromatic nitrogens is 6. The van der Waals surface area contributed by atoms with Crippen LogP contribution in [0.3, 0.4) is 0 Å². The van der Waals surface area contributed by atoms with Crippen molar-refractivity contribution in [2.45, 2.75) is 38.8 Å². The maximum Gasteiger partial charge on any atom is 0.243 e. The fourth-order valence-electron chi connectivity index (χ4n) is 5.30. The number of hydrogen-bond donors (Lipinski definition) is 2. The average molecular weight is 568 g/mol. The zero-order valence-corrected chi connectivity index (χ0v) is 23.5. The largest absolute Gasteiger partial charge is 0.457 e. The zero-order valence-electron chi connectivity index (χ0n) is 23.5. The van der Waals surface area contributed by atoms with Gasteiger partial charge in [-0.2, -0.15) is 0 Å². The van der Waals surface area contributed by atoms with Gasteiger partial charge in [-0.05, 0) is 69.2 Å². The lowest BCUT2D eigenvalue weighted by molar-refractivity contribution is -0.117. The number of aryl methyl sites for hydroxylation is 1. The third kappa shape index (κ3) is 5.06. The molecule has 1 amide bonds. The predicted octanol–water partition coefficient (Wildman–Crippen LogP) is 4.95. The first-order valence-electron chi connectivity index (χ1n) is 13.7. The molecule has 12 heteroatoms. The summed E-state index contributed by atoms with van der Waals surface area (Å²) in [4.78, 5) is 27.7. The summed E-state index contributed by atoms with van der Waals surface area (Å²) in [6, 6.07) is 12.5. The fourth-order valence-corrected chi connectivity index (χ4v) is 5.30. The van der Waals surface area contributed by atoms with Gasteiger partial charge in [-0.1, -0.05) is 11.8 Å². The summed E-state index contributed by atoms with van der Waals surface area (Å²) in [5.41, 5.74) is 3.25. The van der Waals surface area contributed by atoms with Crippen LogP contribution >= 0.6 is 0 Å². The van der Waals surface area contributed by atoms with E-state index in [-0.39, 0.29) is 23.7 Å². The molecular formula is C30H30FN9O2. The van der Waals surface area contributed by atoms with Gasteiger partial charge in [0.15, 0.2) is 11.6 Å². The first kappa shape index (κ1) is 27.1. The van der Waals surface area contributed by atoms with Crippen LogP contribution in [-0.4, -0.2) is 54.5 Å². The summed E-state index contributed by atoms with van der Waals surface area (Å²) in [5, 5.41) is 14.2. The molecular weight excluding hydrogens is 537 g/mol. The van der Waals surface area contributed by atoms with Crippen molar-refractivity contribution in [3.63, 3.8) is 0 Å². The molecule has 1 saturated heterocycles. The van der Waals surface area contributed by atoms with E-state index in [1.165, 1.54) is 12.4 Å². The van der Waals surface area contributed by atoms with Crippen LogP contribution in [0.1, 0.15) is 25.3 Å². The number of carbonyl (C=O) groups is 1. The zero-order chi connectivity index (χ0) is 29.4. The van der Waals surface area contributed by atoms with E-state index >= 15 is 4.39 Å². The number of hydrogen-bond acceptors (Lipinski definition) is 9. The molecule has 1 aliphatic rings. The van der Waals surface area contributed by atoms with Gasteiger partial charge >= 0.3 is 0 Å². The molecule has 2 N–H and O–H groups in total. The third-order valence-corrected chi connectivity index (χ3v) is 7.66. The Hall–Kier alpha value is -5.13. The summed E-state index contributed by atoms with van der Waals surface area (Å²) in [5.74, 6) is 1.35. The van der Waals surface area contributed by atoms with Crippen molar-refractivity contribution in [3.8, 4) is 11.5 Å². The Bertz CT molecular complexity index is 1820. The Balaban J connectivity index is 1.26. The first-order chi connectivity index (χ1) is 20.3. The molecule has 0 radical (unpaired) electrons. The van der Waals surface area contributed by atoms with Gasteiger partial charge in [0, 0.05) is 37.3 Å². The number of benzene rings is 2. The van der Waals surface area contributed by atoms with E-state index in [0.717, 1.165) is 30.7 Å². The highest BCUT2D eigenvalue weighted by Gasteiger charge is 2.30. The van der Waals surface area contributed by atoms with E-state index in [2.05, 4.69) is 49.3 Å². The number of piperidine rings is 1. The van der Waals surface area contributed by atoms with Crippen molar-refractivity contribution in [1.29, 1.82) is 0 Å². The van der Waals surface area contributed by atoms with Crippen LogP contribution in [0.15, 0.2) is 61.4 Å². The lowest BCUT2D eigenvalue weighted by atomic mass is 9.97. The highest BCUT2D eigenvalue weighted by atomic mass is 19.1. The molecule has 3 aromatic heterocycles. The van der Waals surface area contributed by atoms with Crippen LogP contribution in [0.5, 0.6) is 11.5 Å². The number of ether oxygens (including phenoxy) is 1. The Kier molecular flexibility index (Phi) is 7.11. The Morgan fingerprint density at radius 2 is 2.02 bits per heavy atom. The summed E-state index contributed by atoms with van der Waals surface area (Å²) >= 11 is 0. The van der Waals surface area contributed by atoms with Gasteiger partial charge < -0.3 is 20.3 Å². The number of pyridine rings is 1. The monoisotopic (exact) mass is 567 g/mol. The maximum absolute atomic E-state index is 15.6. The third-order valence-electron chi connectivity index (χ3n) is 7.66. The normalized spacial score (nSPS) is 16.9. The maximum atomic E-state index is 15.6. The quantitative estimate of drug-likeness (QED) is 0.263. The molecule has 214 valence electrons. The van der Waals surface area contributed by atoms with Crippen molar-refractivity contribution in [3.05, 3.63) is 72.8 Å². The molecule has 0 aliphatic carbocycles. The summed E-state index contributed by atoms with van der Waals surface area (Å²) in [7, 11) is 1.81. The topological polar surface area (TPSA) is 123 Å². The van der Waals surface area contributed by atoms with Gasteiger partial charge in [0.25, 0.3) is 0 Å². The number of rotatable bonds is 7. The van der Waals surface area contributed by atoms with E-state index in [1.807, 2.05) is 25.2 Å². The van der Waals surface area contributed by atoms with Gasteiger partial charge in [-0.25, -0.2) is 24.0 Å². The minimum Gasteiger partial charge on any atom is -0.457 e. The van der Waals surface area contributed by atoms with E-state index in [4.69, 9.17) is 9.72 Å². The highest BCUT2D eigenvalue weighted by Crippen LogP contribution is 2.34. The smallest absolute Gasteiger partial charge is 0.243 e. The van der Waals surface area contributed by atoms with Gasteiger partial charge in [-0.3, -0.25) is 4.79 Å². The number of anilines is 3. The second kappa shape index (κ2) is 11.0. The Morgan fingerprint density at radius 1 is 1.17 bits per heavy atom. The average Bonchev–Trinajstić information content (AvgIpc) is 3.37. The SMILES string of the molecule is C=CC(=O)NC1CCCN(c2ccc3ncnc(Nc4ccc(Oc5ccc6c(c5)nnn6C)c(C)c4F)c3n2)[C@@H]1C. The van der Waals surface area contributed by atoms with E-state index < -0.39 is 5.82 Å². The van der Waals surface area contributed by atoms with E-state index in [9.17, 15) is 4.79 Å². The van der Waals surface area contributed by atoms with Crippen molar-refractivity contribution in [2.75, 3.05) is 16.8 Å². The number of fused-ring (bicyclic) bond motifs is 2. The minimum atomic E-state index is -0.471.